The average Bonchev–Trinajstić information content (AvgIpc) is 3.10. The van der Waals surface area contributed by atoms with Crippen LogP contribution in [0.5, 0.6) is 0 Å². The van der Waals surface area contributed by atoms with Crippen molar-refractivity contribution >= 4 is 23.8 Å². The van der Waals surface area contributed by atoms with Gasteiger partial charge in [0.15, 0.2) is 0 Å². The van der Waals surface area contributed by atoms with Gasteiger partial charge in [-0.1, -0.05) is 136 Å². The molecule has 0 radical (unpaired) electrons. The summed E-state index contributed by atoms with van der Waals surface area (Å²) in [4.78, 5) is 49.9. The van der Waals surface area contributed by atoms with Gasteiger partial charge in [0.05, 0.1) is 46.1 Å². The van der Waals surface area contributed by atoms with Crippen LogP contribution < -0.4 is 5.32 Å². The molecule has 294 valence electrons. The Hall–Kier alpha value is -2.20. The number of hydrogen-bond donors (Lipinski definition) is 2. The van der Waals surface area contributed by atoms with Gasteiger partial charge in [0.25, 0.3) is 0 Å². The van der Waals surface area contributed by atoms with E-state index in [0.29, 0.717) is 39.1 Å². The predicted octanol–water partition coefficient (Wildman–Crippen LogP) is 9.11. The number of unbranched alkanes of at least 4 members (excludes halogenated alkanes) is 17. The largest absolute Gasteiger partial charge is 0.481 e. The van der Waals surface area contributed by atoms with Crippen LogP contribution in [0.4, 0.5) is 0 Å². The van der Waals surface area contributed by atoms with Crippen molar-refractivity contribution < 1.29 is 43.2 Å². The fourth-order valence-corrected chi connectivity index (χ4v) is 5.88. The number of amides is 1. The second kappa shape index (κ2) is 35.2. The molecule has 50 heavy (non-hydrogen) atoms. The number of carboxylic acid groups (broad SMARTS) is 1. The molecule has 0 spiro atoms. The fourth-order valence-electron chi connectivity index (χ4n) is 5.88. The number of aliphatic carboxylic acids is 1. The van der Waals surface area contributed by atoms with Crippen molar-refractivity contribution in [2.24, 2.45) is 5.41 Å². The van der Waals surface area contributed by atoms with E-state index < -0.39 is 17.4 Å². The lowest BCUT2D eigenvalue weighted by Crippen LogP contribution is -2.48. The molecule has 0 aromatic heterocycles. The zero-order valence-corrected chi connectivity index (χ0v) is 32.3. The summed E-state index contributed by atoms with van der Waals surface area (Å²) in [7, 11) is 0. The van der Waals surface area contributed by atoms with Crippen molar-refractivity contribution in [1.82, 2.24) is 5.32 Å². The van der Waals surface area contributed by atoms with Gasteiger partial charge >= 0.3 is 17.9 Å². The third-order valence-corrected chi connectivity index (χ3v) is 9.12. The van der Waals surface area contributed by atoms with Gasteiger partial charge < -0.3 is 29.4 Å². The van der Waals surface area contributed by atoms with E-state index in [2.05, 4.69) is 26.1 Å². The minimum absolute atomic E-state index is 0.0515. The summed E-state index contributed by atoms with van der Waals surface area (Å²) in [6.45, 7) is 8.46. The quantitative estimate of drug-likeness (QED) is 0.0365. The molecule has 1 atom stereocenters. The highest BCUT2D eigenvalue weighted by molar-refractivity contribution is 6.02. The van der Waals surface area contributed by atoms with Crippen LogP contribution in [0.3, 0.4) is 0 Å². The molecule has 10 heteroatoms. The molecule has 0 aromatic carbocycles. The molecule has 0 fully saturated rings. The van der Waals surface area contributed by atoms with Crippen LogP contribution in [-0.4, -0.2) is 75.1 Å². The molecule has 0 saturated heterocycles. The standard InChI is InChI=1S/C40H75NO9/c1-4-7-10-11-12-14-17-20-23-27-40(39(46)50-31-9-6-3,38(45)41-29-33-48-35-34-47-32-26-36(42)43)28-24-21-18-15-13-16-19-22-25-37(44)49-30-8-5-2/h4-35H2,1-3H3,(H,41,45)(H,42,43). The summed E-state index contributed by atoms with van der Waals surface area (Å²) < 4.78 is 21.8. The molecule has 0 heterocycles. The highest BCUT2D eigenvalue weighted by Crippen LogP contribution is 2.34. The summed E-state index contributed by atoms with van der Waals surface area (Å²) in [5.41, 5.74) is -1.21. The summed E-state index contributed by atoms with van der Waals surface area (Å²) in [5, 5.41) is 11.7. The van der Waals surface area contributed by atoms with Crippen LogP contribution in [0.15, 0.2) is 0 Å². The van der Waals surface area contributed by atoms with E-state index in [4.69, 9.17) is 24.1 Å². The normalized spacial score (nSPS) is 12.4. The lowest BCUT2D eigenvalue weighted by atomic mass is 9.76. The molecule has 1 amide bonds. The number of ether oxygens (including phenoxy) is 4. The number of nitrogens with one attached hydrogen (secondary N) is 1. The summed E-state index contributed by atoms with van der Waals surface area (Å²) in [6, 6.07) is 0. The first kappa shape index (κ1) is 47.8. The van der Waals surface area contributed by atoms with Gasteiger partial charge in [0.2, 0.25) is 5.91 Å². The van der Waals surface area contributed by atoms with E-state index in [1.165, 1.54) is 38.5 Å². The topological polar surface area (TPSA) is 137 Å². The van der Waals surface area contributed by atoms with Gasteiger partial charge in [-0.2, -0.15) is 0 Å². The van der Waals surface area contributed by atoms with Crippen LogP contribution in [0.2, 0.25) is 0 Å². The van der Waals surface area contributed by atoms with Crippen LogP contribution >= 0.6 is 0 Å². The lowest BCUT2D eigenvalue weighted by molar-refractivity contribution is -0.163. The molecule has 1 unspecified atom stereocenters. The molecular formula is C40H75NO9. The van der Waals surface area contributed by atoms with Crippen LogP contribution in [0.1, 0.15) is 181 Å². The third-order valence-electron chi connectivity index (χ3n) is 9.12. The molecule has 0 saturated carbocycles. The summed E-state index contributed by atoms with van der Waals surface area (Å²) >= 11 is 0. The predicted molar refractivity (Wildman–Crippen MR) is 199 cm³/mol. The number of rotatable bonds is 38. The number of esters is 2. The number of carbonyl (C=O) groups excluding carboxylic acids is 3. The Morgan fingerprint density at radius 3 is 1.48 bits per heavy atom. The van der Waals surface area contributed by atoms with Crippen LogP contribution in [-0.2, 0) is 38.1 Å². The van der Waals surface area contributed by atoms with E-state index in [9.17, 15) is 19.2 Å². The second-order valence-corrected chi connectivity index (χ2v) is 13.7. The van der Waals surface area contributed by atoms with Crippen molar-refractivity contribution in [3.63, 3.8) is 0 Å². The highest BCUT2D eigenvalue weighted by Gasteiger charge is 2.46. The van der Waals surface area contributed by atoms with Crippen molar-refractivity contribution in [3.8, 4) is 0 Å². The first-order valence-electron chi connectivity index (χ1n) is 20.3. The first-order valence-corrected chi connectivity index (χ1v) is 20.3. The molecule has 0 rings (SSSR count). The third kappa shape index (κ3) is 27.5. The maximum absolute atomic E-state index is 13.9. The Morgan fingerprint density at radius 1 is 0.500 bits per heavy atom. The second-order valence-electron chi connectivity index (χ2n) is 13.7. The van der Waals surface area contributed by atoms with Gasteiger partial charge in [-0.25, -0.2) is 0 Å². The van der Waals surface area contributed by atoms with Crippen molar-refractivity contribution in [2.45, 2.75) is 181 Å². The Morgan fingerprint density at radius 2 is 0.960 bits per heavy atom. The Kier molecular flexibility index (Phi) is 33.7. The lowest BCUT2D eigenvalue weighted by Gasteiger charge is -2.31. The van der Waals surface area contributed by atoms with Crippen molar-refractivity contribution in [1.29, 1.82) is 0 Å². The van der Waals surface area contributed by atoms with Gasteiger partial charge in [-0.3, -0.25) is 19.2 Å². The van der Waals surface area contributed by atoms with E-state index in [-0.39, 0.29) is 44.7 Å². The molecule has 0 aliphatic rings. The average molecular weight is 714 g/mol. The van der Waals surface area contributed by atoms with E-state index in [1.54, 1.807) is 0 Å². The molecule has 0 aromatic rings. The monoisotopic (exact) mass is 714 g/mol. The molecule has 0 aliphatic heterocycles. The maximum Gasteiger partial charge on any atom is 0.321 e. The van der Waals surface area contributed by atoms with Crippen molar-refractivity contribution in [2.75, 3.05) is 46.2 Å². The summed E-state index contributed by atoms with van der Waals surface area (Å²) in [6.07, 6.45) is 23.4. The van der Waals surface area contributed by atoms with Gasteiger partial charge in [-0.15, -0.1) is 0 Å². The molecule has 10 nitrogen and oxygen atoms in total. The fraction of sp³-hybridized carbons (Fsp3) is 0.900. The zero-order chi connectivity index (χ0) is 37.0. The first-order chi connectivity index (χ1) is 24.3. The molecule has 0 aliphatic carbocycles. The Bertz CT molecular complexity index is 838. The number of carbonyl (C=O) groups is 4. The number of hydrogen-bond acceptors (Lipinski definition) is 8. The number of carboxylic acids is 1. The van der Waals surface area contributed by atoms with Gasteiger partial charge in [-0.05, 0) is 32.1 Å². The molecule has 2 N–H and O–H groups in total. The SMILES string of the molecule is CCCCCCCCCCCC(CCCCCCCCCCC(=O)OCCCC)(C(=O)NCCOCCOCCC(=O)O)C(=O)OCCCC. The van der Waals surface area contributed by atoms with E-state index in [0.717, 1.165) is 96.3 Å². The molecular weight excluding hydrogens is 638 g/mol. The highest BCUT2D eigenvalue weighted by atomic mass is 16.5. The van der Waals surface area contributed by atoms with E-state index in [1.807, 2.05) is 0 Å². The van der Waals surface area contributed by atoms with Gasteiger partial charge in [0, 0.05) is 13.0 Å². The van der Waals surface area contributed by atoms with Crippen molar-refractivity contribution in [3.05, 3.63) is 0 Å². The zero-order valence-electron chi connectivity index (χ0n) is 32.3. The minimum atomic E-state index is -1.21. The Labute approximate surface area is 304 Å². The Balaban J connectivity index is 4.99. The van der Waals surface area contributed by atoms with Gasteiger partial charge in [0.1, 0.15) is 5.41 Å². The van der Waals surface area contributed by atoms with Crippen LogP contribution in [0, 0.1) is 5.41 Å². The maximum atomic E-state index is 13.9. The van der Waals surface area contributed by atoms with Crippen LogP contribution in [0.25, 0.3) is 0 Å². The van der Waals surface area contributed by atoms with E-state index >= 15 is 0 Å². The molecule has 0 bridgehead atoms. The minimum Gasteiger partial charge on any atom is -0.481 e. The smallest absolute Gasteiger partial charge is 0.321 e. The summed E-state index contributed by atoms with van der Waals surface area (Å²) in [5.74, 6) is -1.66.